The third-order valence-electron chi connectivity index (χ3n) is 3.46. The van der Waals surface area contributed by atoms with E-state index in [1.165, 1.54) is 11.3 Å². The number of hydrogen-bond donors (Lipinski definition) is 1. The first-order valence-electron chi connectivity index (χ1n) is 7.37. The van der Waals surface area contributed by atoms with Crippen molar-refractivity contribution in [1.29, 1.82) is 0 Å². The molecule has 23 heavy (non-hydrogen) atoms. The van der Waals surface area contributed by atoms with Crippen molar-refractivity contribution >= 4 is 34.0 Å². The number of aryl methyl sites for hydroxylation is 1. The lowest BCUT2D eigenvalue weighted by atomic mass is 10.3. The van der Waals surface area contributed by atoms with Crippen LogP contribution in [0, 0.1) is 6.92 Å². The third-order valence-corrected chi connectivity index (χ3v) is 4.33. The Labute approximate surface area is 138 Å². The van der Waals surface area contributed by atoms with Crippen LogP contribution in [0.3, 0.4) is 0 Å². The quantitative estimate of drug-likeness (QED) is 0.914. The summed E-state index contributed by atoms with van der Waals surface area (Å²) in [5, 5.41) is 5.12. The highest BCUT2D eigenvalue weighted by Gasteiger charge is 2.21. The largest absolute Gasteiger partial charge is 0.484 e. The van der Waals surface area contributed by atoms with Crippen LogP contribution >= 0.6 is 11.3 Å². The van der Waals surface area contributed by atoms with Crippen molar-refractivity contribution in [3.05, 3.63) is 35.3 Å². The second kappa shape index (κ2) is 6.78. The highest BCUT2D eigenvalue weighted by atomic mass is 32.1. The van der Waals surface area contributed by atoms with Gasteiger partial charge in [0, 0.05) is 24.0 Å². The number of carbonyl (C=O) groups is 2. The molecule has 0 aliphatic carbocycles. The molecule has 1 aliphatic rings. The van der Waals surface area contributed by atoms with Crippen molar-refractivity contribution in [3.63, 3.8) is 0 Å². The van der Waals surface area contributed by atoms with Crippen LogP contribution in [0.25, 0.3) is 0 Å². The van der Waals surface area contributed by atoms with Gasteiger partial charge in [0.1, 0.15) is 5.75 Å². The van der Waals surface area contributed by atoms with Crippen LogP contribution in [0.1, 0.15) is 18.5 Å². The van der Waals surface area contributed by atoms with Crippen molar-refractivity contribution in [1.82, 2.24) is 4.98 Å². The predicted octanol–water partition coefficient (Wildman–Crippen LogP) is 2.60. The average molecular weight is 331 g/mol. The van der Waals surface area contributed by atoms with Crippen LogP contribution in [0.15, 0.2) is 29.6 Å². The summed E-state index contributed by atoms with van der Waals surface area (Å²) in [6.45, 7) is 2.55. The highest BCUT2D eigenvalue weighted by Crippen LogP contribution is 2.24. The van der Waals surface area contributed by atoms with Gasteiger partial charge in [-0.15, -0.1) is 11.3 Å². The molecule has 0 radical (unpaired) electrons. The summed E-state index contributed by atoms with van der Waals surface area (Å²) >= 11 is 1.38. The Kier molecular flexibility index (Phi) is 4.57. The van der Waals surface area contributed by atoms with Crippen molar-refractivity contribution in [2.75, 3.05) is 23.4 Å². The first-order valence-corrected chi connectivity index (χ1v) is 8.25. The van der Waals surface area contributed by atoms with Gasteiger partial charge in [0.25, 0.3) is 5.91 Å². The molecule has 7 heteroatoms. The molecule has 0 atom stereocenters. The lowest BCUT2D eigenvalue weighted by molar-refractivity contribution is -0.118. The van der Waals surface area contributed by atoms with Crippen LogP contribution in [-0.4, -0.2) is 29.9 Å². The van der Waals surface area contributed by atoms with E-state index in [1.807, 2.05) is 24.4 Å². The Balaban J connectivity index is 1.52. The van der Waals surface area contributed by atoms with Crippen LogP contribution in [-0.2, 0) is 9.59 Å². The van der Waals surface area contributed by atoms with Gasteiger partial charge in [0.2, 0.25) is 5.91 Å². The molecular weight excluding hydrogens is 314 g/mol. The number of nitrogens with one attached hydrogen (secondary N) is 1. The summed E-state index contributed by atoms with van der Waals surface area (Å²) in [5.74, 6) is 0.487. The predicted molar refractivity (Wildman–Crippen MR) is 89.0 cm³/mol. The number of benzene rings is 1. The number of thiazole rings is 1. The van der Waals surface area contributed by atoms with Gasteiger partial charge in [-0.05, 0) is 37.6 Å². The summed E-state index contributed by atoms with van der Waals surface area (Å²) < 4.78 is 5.45. The van der Waals surface area contributed by atoms with E-state index in [9.17, 15) is 9.59 Å². The lowest BCUT2D eigenvalue weighted by Gasteiger charge is -2.16. The summed E-state index contributed by atoms with van der Waals surface area (Å²) in [6, 6.07) is 7.20. The maximum absolute atomic E-state index is 11.8. The zero-order valence-electron chi connectivity index (χ0n) is 12.7. The second-order valence-electron chi connectivity index (χ2n) is 5.27. The number of aromatic nitrogens is 1. The van der Waals surface area contributed by atoms with Gasteiger partial charge in [-0.3, -0.25) is 14.9 Å². The number of rotatable bonds is 5. The van der Waals surface area contributed by atoms with Gasteiger partial charge in [-0.1, -0.05) is 0 Å². The van der Waals surface area contributed by atoms with E-state index in [2.05, 4.69) is 10.3 Å². The average Bonchev–Trinajstić information content (AvgIpc) is 3.14. The zero-order chi connectivity index (χ0) is 16.2. The van der Waals surface area contributed by atoms with E-state index >= 15 is 0 Å². The minimum atomic E-state index is -0.252. The molecule has 120 valence electrons. The molecule has 1 aliphatic heterocycles. The first-order chi connectivity index (χ1) is 11.1. The van der Waals surface area contributed by atoms with Gasteiger partial charge >= 0.3 is 0 Å². The second-order valence-corrected chi connectivity index (χ2v) is 6.13. The summed E-state index contributed by atoms with van der Waals surface area (Å²) in [4.78, 5) is 29.4. The molecule has 0 bridgehead atoms. The summed E-state index contributed by atoms with van der Waals surface area (Å²) in [7, 11) is 0. The minimum absolute atomic E-state index is 0.0827. The van der Waals surface area contributed by atoms with E-state index in [0.29, 0.717) is 17.3 Å². The first kappa shape index (κ1) is 15.5. The molecule has 0 unspecified atom stereocenters. The van der Waals surface area contributed by atoms with E-state index in [4.69, 9.17) is 4.74 Å². The molecule has 1 aromatic heterocycles. The van der Waals surface area contributed by atoms with E-state index in [0.717, 1.165) is 24.3 Å². The zero-order valence-corrected chi connectivity index (χ0v) is 13.6. The monoisotopic (exact) mass is 331 g/mol. The molecule has 3 rings (SSSR count). The SMILES string of the molecule is Cc1csc(NC(=O)COc2ccc(N3CCCC3=O)cc2)n1. The fourth-order valence-corrected chi connectivity index (χ4v) is 3.06. The maximum atomic E-state index is 11.8. The number of ether oxygens (including phenoxy) is 1. The van der Waals surface area contributed by atoms with E-state index < -0.39 is 0 Å². The number of carbonyl (C=O) groups excluding carboxylic acids is 2. The van der Waals surface area contributed by atoms with Crippen LogP contribution in [0.2, 0.25) is 0 Å². The Bertz CT molecular complexity index is 712. The van der Waals surface area contributed by atoms with Gasteiger partial charge in [-0.25, -0.2) is 4.98 Å². The molecule has 1 saturated heterocycles. The minimum Gasteiger partial charge on any atom is -0.484 e. The molecule has 6 nitrogen and oxygen atoms in total. The van der Waals surface area contributed by atoms with Gasteiger partial charge in [-0.2, -0.15) is 0 Å². The lowest BCUT2D eigenvalue weighted by Crippen LogP contribution is -2.23. The Morgan fingerprint density at radius 1 is 1.39 bits per heavy atom. The summed E-state index contributed by atoms with van der Waals surface area (Å²) in [5.41, 5.74) is 1.74. The van der Waals surface area contributed by atoms with Crippen molar-refractivity contribution in [3.8, 4) is 5.75 Å². The van der Waals surface area contributed by atoms with Crippen molar-refractivity contribution in [2.24, 2.45) is 0 Å². The molecule has 0 spiro atoms. The van der Waals surface area contributed by atoms with E-state index in [1.54, 1.807) is 17.0 Å². The smallest absolute Gasteiger partial charge is 0.264 e. The standard InChI is InChI=1S/C16H17N3O3S/c1-11-10-23-16(17-11)18-14(20)9-22-13-6-4-12(5-7-13)19-8-2-3-15(19)21/h4-7,10H,2-3,8-9H2,1H3,(H,17,18,20). The van der Waals surface area contributed by atoms with Crippen molar-refractivity contribution < 1.29 is 14.3 Å². The van der Waals surface area contributed by atoms with Gasteiger partial charge in [0.05, 0.1) is 5.69 Å². The van der Waals surface area contributed by atoms with Crippen LogP contribution in [0.5, 0.6) is 5.75 Å². The molecule has 2 aromatic rings. The van der Waals surface area contributed by atoms with Gasteiger partial charge < -0.3 is 9.64 Å². The molecule has 1 aromatic carbocycles. The highest BCUT2D eigenvalue weighted by molar-refractivity contribution is 7.13. The van der Waals surface area contributed by atoms with E-state index in [-0.39, 0.29) is 18.4 Å². The molecule has 2 amide bonds. The fourth-order valence-electron chi connectivity index (χ4n) is 2.36. The van der Waals surface area contributed by atoms with Gasteiger partial charge in [0.15, 0.2) is 11.7 Å². The number of amides is 2. The fraction of sp³-hybridized carbons (Fsp3) is 0.312. The molecule has 0 saturated carbocycles. The Morgan fingerprint density at radius 2 is 2.17 bits per heavy atom. The maximum Gasteiger partial charge on any atom is 0.264 e. The Morgan fingerprint density at radius 3 is 2.78 bits per heavy atom. The molecule has 1 N–H and O–H groups in total. The summed E-state index contributed by atoms with van der Waals surface area (Å²) in [6.07, 6.45) is 1.50. The number of nitrogens with zero attached hydrogens (tertiary/aromatic N) is 2. The van der Waals surface area contributed by atoms with Crippen LogP contribution in [0.4, 0.5) is 10.8 Å². The van der Waals surface area contributed by atoms with Crippen molar-refractivity contribution in [2.45, 2.75) is 19.8 Å². The molecular formula is C16H17N3O3S. The van der Waals surface area contributed by atoms with Crippen LogP contribution < -0.4 is 15.0 Å². The number of hydrogen-bond acceptors (Lipinski definition) is 5. The molecule has 1 fully saturated rings. The number of anilines is 2. The molecule has 2 heterocycles. The third kappa shape index (κ3) is 3.87. The Hall–Kier alpha value is -2.41. The topological polar surface area (TPSA) is 71.5 Å². The normalized spacial score (nSPS) is 14.1.